The van der Waals surface area contributed by atoms with E-state index < -0.39 is 0 Å². The van der Waals surface area contributed by atoms with Crippen molar-refractivity contribution in [3.05, 3.63) is 46.2 Å². The molecule has 2 aromatic rings. The molecular weight excluding hydrogens is 258 g/mol. The number of hydrogen-bond donors (Lipinski definition) is 1. The average Bonchev–Trinajstić information content (AvgIpc) is 2.86. The Morgan fingerprint density at radius 1 is 1.47 bits per heavy atom. The van der Waals surface area contributed by atoms with Gasteiger partial charge in [0, 0.05) is 23.7 Å². The van der Waals surface area contributed by atoms with Crippen molar-refractivity contribution in [3.63, 3.8) is 0 Å². The molecule has 0 fully saturated rings. The van der Waals surface area contributed by atoms with Gasteiger partial charge in [0.1, 0.15) is 0 Å². The summed E-state index contributed by atoms with van der Waals surface area (Å²) in [5.74, 6) is 0.428. The van der Waals surface area contributed by atoms with E-state index in [1.807, 2.05) is 17.5 Å². The van der Waals surface area contributed by atoms with E-state index in [0.29, 0.717) is 18.9 Å². The number of amides is 1. The highest BCUT2D eigenvalue weighted by Gasteiger charge is 2.07. The highest BCUT2D eigenvalue weighted by atomic mass is 32.1. The normalized spacial score (nSPS) is 10.7. The van der Waals surface area contributed by atoms with Gasteiger partial charge in [-0.05, 0) is 11.6 Å². The van der Waals surface area contributed by atoms with Crippen LogP contribution in [0.2, 0.25) is 0 Å². The lowest BCUT2D eigenvalue weighted by Gasteiger charge is -2.03. The molecule has 100 valence electrons. The van der Waals surface area contributed by atoms with Gasteiger partial charge in [0.05, 0.1) is 23.7 Å². The van der Waals surface area contributed by atoms with Gasteiger partial charge in [0.2, 0.25) is 5.91 Å². The topological polar surface area (TPSA) is 54.9 Å². The Hall–Kier alpha value is -1.75. The molecule has 0 atom stereocenters. The Kier molecular flexibility index (Phi) is 4.63. The molecule has 0 aliphatic rings. The average molecular weight is 275 g/mol. The second-order valence-electron chi connectivity index (χ2n) is 4.65. The molecule has 0 spiro atoms. The van der Waals surface area contributed by atoms with Crippen LogP contribution in [-0.4, -0.2) is 15.9 Å². The van der Waals surface area contributed by atoms with Gasteiger partial charge in [-0.3, -0.25) is 9.78 Å². The molecule has 19 heavy (non-hydrogen) atoms. The molecule has 4 nitrogen and oxygen atoms in total. The van der Waals surface area contributed by atoms with Crippen molar-refractivity contribution in [2.45, 2.75) is 32.7 Å². The van der Waals surface area contributed by atoms with E-state index in [1.165, 1.54) is 0 Å². The molecule has 0 aromatic carbocycles. The molecule has 0 bridgehead atoms. The molecule has 0 aliphatic carbocycles. The fourth-order valence-electron chi connectivity index (χ4n) is 1.61. The number of pyridine rings is 1. The van der Waals surface area contributed by atoms with Crippen LogP contribution in [0, 0.1) is 0 Å². The van der Waals surface area contributed by atoms with E-state index in [4.69, 9.17) is 0 Å². The molecule has 1 amide bonds. The van der Waals surface area contributed by atoms with Crippen molar-refractivity contribution in [2.24, 2.45) is 0 Å². The van der Waals surface area contributed by atoms with Crippen LogP contribution in [0.3, 0.4) is 0 Å². The largest absolute Gasteiger partial charge is 0.350 e. The van der Waals surface area contributed by atoms with Crippen LogP contribution in [0.1, 0.15) is 36.0 Å². The summed E-state index contributed by atoms with van der Waals surface area (Å²) in [4.78, 5) is 20.2. The summed E-state index contributed by atoms with van der Waals surface area (Å²) in [5, 5.41) is 5.98. The zero-order chi connectivity index (χ0) is 13.7. The number of nitrogens with one attached hydrogen (secondary N) is 1. The Balaban J connectivity index is 1.83. The zero-order valence-corrected chi connectivity index (χ0v) is 11.9. The molecule has 0 saturated heterocycles. The van der Waals surface area contributed by atoms with Crippen molar-refractivity contribution >= 4 is 17.2 Å². The van der Waals surface area contributed by atoms with E-state index in [9.17, 15) is 4.79 Å². The summed E-state index contributed by atoms with van der Waals surface area (Å²) in [6.07, 6.45) is 3.76. The van der Waals surface area contributed by atoms with Crippen LogP contribution in [0.5, 0.6) is 0 Å². The second-order valence-corrected chi connectivity index (χ2v) is 5.54. The Bertz CT molecular complexity index is 537. The lowest BCUT2D eigenvalue weighted by atomic mass is 10.2. The number of carbonyl (C=O) groups excluding carboxylic acids is 1. The molecule has 1 N–H and O–H groups in total. The number of nitrogens with zero attached hydrogens (tertiary/aromatic N) is 2. The monoisotopic (exact) mass is 275 g/mol. The number of thiazole rings is 1. The molecule has 2 aromatic heterocycles. The van der Waals surface area contributed by atoms with Crippen LogP contribution >= 0.6 is 11.3 Å². The van der Waals surface area contributed by atoms with Gasteiger partial charge in [0.25, 0.3) is 0 Å². The molecular formula is C14H17N3OS. The molecule has 2 heterocycles. The van der Waals surface area contributed by atoms with Crippen molar-refractivity contribution in [2.75, 3.05) is 0 Å². The minimum absolute atomic E-state index is 0.00732. The van der Waals surface area contributed by atoms with E-state index in [-0.39, 0.29) is 5.91 Å². The first kappa shape index (κ1) is 13.7. The number of hydrogen-bond acceptors (Lipinski definition) is 4. The van der Waals surface area contributed by atoms with Crippen LogP contribution < -0.4 is 5.32 Å². The van der Waals surface area contributed by atoms with Gasteiger partial charge in [-0.25, -0.2) is 4.98 Å². The highest BCUT2D eigenvalue weighted by Crippen LogP contribution is 2.18. The van der Waals surface area contributed by atoms with E-state index in [2.05, 4.69) is 29.1 Å². The lowest BCUT2D eigenvalue weighted by molar-refractivity contribution is -0.120. The molecule has 0 radical (unpaired) electrons. The fraction of sp³-hybridized carbons (Fsp3) is 0.357. The van der Waals surface area contributed by atoms with Crippen LogP contribution in [0.15, 0.2) is 29.9 Å². The highest BCUT2D eigenvalue weighted by molar-refractivity contribution is 7.09. The summed E-state index contributed by atoms with van der Waals surface area (Å²) in [7, 11) is 0. The van der Waals surface area contributed by atoms with Gasteiger partial charge in [-0.1, -0.05) is 19.9 Å². The standard InChI is InChI=1S/C14H17N3OS/c1-10(2)14-17-12(9-19-14)8-16-13(18)6-11-4-3-5-15-7-11/h3-5,7,9-10H,6,8H2,1-2H3,(H,16,18). The summed E-state index contributed by atoms with van der Waals surface area (Å²) >= 11 is 1.64. The van der Waals surface area contributed by atoms with Gasteiger partial charge >= 0.3 is 0 Å². The van der Waals surface area contributed by atoms with Gasteiger partial charge in [-0.2, -0.15) is 0 Å². The van der Waals surface area contributed by atoms with Crippen molar-refractivity contribution < 1.29 is 4.79 Å². The second kappa shape index (κ2) is 6.43. The third-order valence-electron chi connectivity index (χ3n) is 2.62. The maximum atomic E-state index is 11.8. The molecule has 0 saturated carbocycles. The molecule has 0 aliphatic heterocycles. The predicted molar refractivity (Wildman–Crippen MR) is 76.0 cm³/mol. The van der Waals surface area contributed by atoms with Gasteiger partial charge in [0.15, 0.2) is 0 Å². The van der Waals surface area contributed by atoms with Crippen LogP contribution in [0.4, 0.5) is 0 Å². The summed E-state index contributed by atoms with van der Waals surface area (Å²) in [6.45, 7) is 4.72. The maximum Gasteiger partial charge on any atom is 0.224 e. The molecule has 2 rings (SSSR count). The summed E-state index contributed by atoms with van der Waals surface area (Å²) in [6, 6.07) is 3.73. The first-order valence-corrected chi connectivity index (χ1v) is 7.13. The van der Waals surface area contributed by atoms with Crippen LogP contribution in [0.25, 0.3) is 0 Å². The van der Waals surface area contributed by atoms with E-state index in [0.717, 1.165) is 16.3 Å². The Morgan fingerprint density at radius 3 is 2.95 bits per heavy atom. The first-order valence-electron chi connectivity index (χ1n) is 6.25. The van der Waals surface area contributed by atoms with Crippen molar-refractivity contribution in [3.8, 4) is 0 Å². The van der Waals surface area contributed by atoms with Crippen molar-refractivity contribution in [1.82, 2.24) is 15.3 Å². The smallest absolute Gasteiger partial charge is 0.224 e. The summed E-state index contributed by atoms with van der Waals surface area (Å²) in [5.41, 5.74) is 1.84. The fourth-order valence-corrected chi connectivity index (χ4v) is 2.44. The maximum absolute atomic E-state index is 11.8. The van der Waals surface area contributed by atoms with Crippen LogP contribution in [-0.2, 0) is 17.8 Å². The van der Waals surface area contributed by atoms with Gasteiger partial charge < -0.3 is 5.32 Å². The van der Waals surface area contributed by atoms with Crippen molar-refractivity contribution in [1.29, 1.82) is 0 Å². The summed E-state index contributed by atoms with van der Waals surface area (Å²) < 4.78 is 0. The number of carbonyl (C=O) groups is 1. The van der Waals surface area contributed by atoms with Gasteiger partial charge in [-0.15, -0.1) is 11.3 Å². The minimum atomic E-state index is -0.00732. The van der Waals surface area contributed by atoms with E-state index in [1.54, 1.807) is 23.7 Å². The number of aromatic nitrogens is 2. The minimum Gasteiger partial charge on any atom is -0.350 e. The number of rotatable bonds is 5. The zero-order valence-electron chi connectivity index (χ0n) is 11.1. The van der Waals surface area contributed by atoms with E-state index >= 15 is 0 Å². The SMILES string of the molecule is CC(C)c1nc(CNC(=O)Cc2cccnc2)cs1. The Morgan fingerprint density at radius 2 is 2.32 bits per heavy atom. The molecule has 5 heteroatoms. The lowest BCUT2D eigenvalue weighted by Crippen LogP contribution is -2.24. The molecule has 0 unspecified atom stereocenters. The quantitative estimate of drug-likeness (QED) is 0.912. The predicted octanol–water partition coefficient (Wildman–Crippen LogP) is 2.52. The Labute approximate surface area is 116 Å². The third kappa shape index (κ3) is 4.13. The first-order chi connectivity index (χ1) is 9.15. The third-order valence-corrected chi connectivity index (χ3v) is 3.81.